The van der Waals surface area contributed by atoms with Crippen LogP contribution in [0.15, 0.2) is 64.6 Å². The lowest BCUT2D eigenvalue weighted by Gasteiger charge is -2.25. The second-order valence-corrected chi connectivity index (χ2v) is 6.86. The molecule has 0 radical (unpaired) electrons. The summed E-state index contributed by atoms with van der Waals surface area (Å²) in [5.74, 6) is 0.491. The zero-order chi connectivity index (χ0) is 18.1. The highest BCUT2D eigenvalue weighted by Gasteiger charge is 2.39. The molecule has 0 aromatic heterocycles. The topological polar surface area (TPSA) is 74.1 Å². The Morgan fingerprint density at radius 1 is 1.15 bits per heavy atom. The highest BCUT2D eigenvalue weighted by atomic mass is 32.2. The van der Waals surface area contributed by atoms with Crippen molar-refractivity contribution in [1.29, 1.82) is 0 Å². The monoisotopic (exact) mass is 364 g/mol. The fourth-order valence-electron chi connectivity index (χ4n) is 2.82. The predicted octanol–water partition coefficient (Wildman–Crippen LogP) is 3.04. The number of nitrogens with one attached hydrogen (secondary N) is 1. The first-order valence-corrected chi connectivity index (χ1v) is 9.19. The first kappa shape index (κ1) is 16.5. The summed E-state index contributed by atoms with van der Waals surface area (Å²) >= 11 is 1.23. The average molecular weight is 364 g/mol. The predicted molar refractivity (Wildman–Crippen MR) is 104 cm³/mol. The van der Waals surface area contributed by atoms with Gasteiger partial charge in [0, 0.05) is 11.3 Å². The minimum atomic E-state index is -0.444. The normalized spacial score (nSPS) is 18.0. The SMILES string of the molecule is CC1N=C2c3ccccc3N=C(SCC(=O)Nc3ccccc3)N2C1=O. The number of fused-ring (bicyclic) bond motifs is 3. The van der Waals surface area contributed by atoms with Crippen LogP contribution in [0.25, 0.3) is 0 Å². The molecule has 1 atom stereocenters. The quantitative estimate of drug-likeness (QED) is 0.910. The summed E-state index contributed by atoms with van der Waals surface area (Å²) < 4.78 is 0. The molecule has 2 aromatic carbocycles. The lowest BCUT2D eigenvalue weighted by atomic mass is 10.1. The van der Waals surface area contributed by atoms with Crippen molar-refractivity contribution in [1.82, 2.24) is 4.90 Å². The molecule has 2 amide bonds. The summed E-state index contributed by atoms with van der Waals surface area (Å²) in [6.07, 6.45) is 0. The van der Waals surface area contributed by atoms with Crippen molar-refractivity contribution in [3.8, 4) is 0 Å². The molecule has 26 heavy (non-hydrogen) atoms. The molecule has 1 N–H and O–H groups in total. The highest BCUT2D eigenvalue weighted by Crippen LogP contribution is 2.33. The summed E-state index contributed by atoms with van der Waals surface area (Å²) in [6, 6.07) is 16.4. The molecular formula is C19H16N4O2S. The number of carbonyl (C=O) groups is 2. The van der Waals surface area contributed by atoms with Crippen molar-refractivity contribution in [3.63, 3.8) is 0 Å². The van der Waals surface area contributed by atoms with Crippen LogP contribution in [0, 0.1) is 0 Å². The highest BCUT2D eigenvalue weighted by molar-refractivity contribution is 8.14. The molecule has 4 rings (SSSR count). The van der Waals surface area contributed by atoms with Gasteiger partial charge in [-0.15, -0.1) is 0 Å². The van der Waals surface area contributed by atoms with Crippen molar-refractivity contribution in [2.75, 3.05) is 11.1 Å². The summed E-state index contributed by atoms with van der Waals surface area (Å²) in [6.45, 7) is 1.76. The van der Waals surface area contributed by atoms with E-state index in [-0.39, 0.29) is 17.6 Å². The van der Waals surface area contributed by atoms with E-state index in [9.17, 15) is 9.59 Å². The maximum Gasteiger partial charge on any atom is 0.258 e. The van der Waals surface area contributed by atoms with Crippen LogP contribution >= 0.6 is 11.8 Å². The molecule has 2 heterocycles. The first-order valence-electron chi connectivity index (χ1n) is 8.21. The molecule has 0 bridgehead atoms. The molecular weight excluding hydrogens is 348 g/mol. The molecule has 6 nitrogen and oxygen atoms in total. The second kappa shape index (κ2) is 6.76. The number of anilines is 1. The van der Waals surface area contributed by atoms with Crippen LogP contribution in [0.4, 0.5) is 11.4 Å². The van der Waals surface area contributed by atoms with Gasteiger partial charge in [-0.2, -0.15) is 0 Å². The Bertz CT molecular complexity index is 940. The minimum absolute atomic E-state index is 0.121. The van der Waals surface area contributed by atoms with E-state index in [1.807, 2.05) is 54.6 Å². The van der Waals surface area contributed by atoms with Gasteiger partial charge in [0.1, 0.15) is 11.9 Å². The lowest BCUT2D eigenvalue weighted by molar-refractivity contribution is -0.124. The molecule has 1 unspecified atom stereocenters. The van der Waals surface area contributed by atoms with Gasteiger partial charge in [-0.05, 0) is 31.2 Å². The van der Waals surface area contributed by atoms with E-state index in [0.717, 1.165) is 16.9 Å². The fourth-order valence-corrected chi connectivity index (χ4v) is 3.62. The van der Waals surface area contributed by atoms with Crippen molar-refractivity contribution < 1.29 is 9.59 Å². The molecule has 0 saturated heterocycles. The van der Waals surface area contributed by atoms with Crippen LogP contribution in [0.1, 0.15) is 12.5 Å². The van der Waals surface area contributed by atoms with Crippen LogP contribution in [-0.2, 0) is 9.59 Å². The van der Waals surface area contributed by atoms with E-state index in [1.54, 1.807) is 6.92 Å². The maximum absolute atomic E-state index is 12.5. The third-order valence-corrected chi connectivity index (χ3v) is 4.99. The molecule has 7 heteroatoms. The zero-order valence-electron chi connectivity index (χ0n) is 14.0. The second-order valence-electron chi connectivity index (χ2n) is 5.92. The summed E-state index contributed by atoms with van der Waals surface area (Å²) in [7, 11) is 0. The average Bonchev–Trinajstić information content (AvgIpc) is 2.96. The molecule has 0 saturated carbocycles. The van der Waals surface area contributed by atoms with Crippen molar-refractivity contribution >= 4 is 46.0 Å². The van der Waals surface area contributed by atoms with Gasteiger partial charge in [0.25, 0.3) is 5.91 Å². The number of rotatable bonds is 3. The van der Waals surface area contributed by atoms with Gasteiger partial charge in [0.2, 0.25) is 5.91 Å². The van der Waals surface area contributed by atoms with Gasteiger partial charge in [-0.3, -0.25) is 14.6 Å². The standard InChI is InChI=1S/C19H16N4O2S/c1-12-18(25)23-17(20-12)14-9-5-6-10-15(14)22-19(23)26-11-16(24)21-13-7-3-2-4-8-13/h2-10,12H,11H2,1H3,(H,21,24). The Morgan fingerprint density at radius 2 is 1.88 bits per heavy atom. The molecule has 0 spiro atoms. The van der Waals surface area contributed by atoms with E-state index in [4.69, 9.17) is 0 Å². The van der Waals surface area contributed by atoms with E-state index in [1.165, 1.54) is 16.7 Å². The molecule has 2 aliphatic rings. The van der Waals surface area contributed by atoms with Crippen molar-refractivity contribution in [2.24, 2.45) is 9.98 Å². The van der Waals surface area contributed by atoms with Crippen molar-refractivity contribution in [2.45, 2.75) is 13.0 Å². The Labute approximate surface area is 155 Å². The van der Waals surface area contributed by atoms with Gasteiger partial charge in [0.15, 0.2) is 5.17 Å². The maximum atomic E-state index is 12.5. The van der Waals surface area contributed by atoms with Gasteiger partial charge in [-0.1, -0.05) is 42.1 Å². The van der Waals surface area contributed by atoms with E-state index >= 15 is 0 Å². The fraction of sp³-hybridized carbons (Fsp3) is 0.158. The molecule has 0 aliphatic carbocycles. The Balaban J connectivity index is 1.54. The molecule has 0 fully saturated rings. The Hall–Kier alpha value is -2.93. The molecule has 130 valence electrons. The van der Waals surface area contributed by atoms with Crippen LogP contribution < -0.4 is 5.32 Å². The number of aliphatic imine (C=N–C) groups is 2. The number of benzene rings is 2. The van der Waals surface area contributed by atoms with Gasteiger partial charge in [0.05, 0.1) is 11.4 Å². The van der Waals surface area contributed by atoms with Gasteiger partial charge >= 0.3 is 0 Å². The van der Waals surface area contributed by atoms with E-state index in [0.29, 0.717) is 11.0 Å². The zero-order valence-corrected chi connectivity index (χ0v) is 14.9. The lowest BCUT2D eigenvalue weighted by Crippen LogP contribution is -2.41. The third kappa shape index (κ3) is 3.01. The Morgan fingerprint density at radius 3 is 2.69 bits per heavy atom. The van der Waals surface area contributed by atoms with E-state index in [2.05, 4.69) is 15.3 Å². The number of nitrogens with zero attached hydrogens (tertiary/aromatic N) is 3. The van der Waals surface area contributed by atoms with Gasteiger partial charge in [-0.25, -0.2) is 9.89 Å². The number of para-hydroxylation sites is 2. The van der Waals surface area contributed by atoms with Crippen LogP contribution in [-0.4, -0.2) is 39.5 Å². The van der Waals surface area contributed by atoms with Crippen molar-refractivity contribution in [3.05, 3.63) is 60.2 Å². The number of thioether (sulfide) groups is 1. The van der Waals surface area contributed by atoms with Gasteiger partial charge < -0.3 is 5.32 Å². The minimum Gasteiger partial charge on any atom is -0.325 e. The smallest absolute Gasteiger partial charge is 0.258 e. The third-order valence-electron chi connectivity index (χ3n) is 4.05. The number of amidine groups is 2. The van der Waals surface area contributed by atoms with Crippen LogP contribution in [0.3, 0.4) is 0 Å². The Kier molecular flexibility index (Phi) is 4.30. The largest absolute Gasteiger partial charge is 0.325 e. The molecule has 2 aliphatic heterocycles. The van der Waals surface area contributed by atoms with Crippen LogP contribution in [0.2, 0.25) is 0 Å². The number of carbonyl (C=O) groups excluding carboxylic acids is 2. The summed E-state index contributed by atoms with van der Waals surface area (Å²) in [5, 5.41) is 3.32. The summed E-state index contributed by atoms with van der Waals surface area (Å²) in [4.78, 5) is 35.3. The number of amides is 2. The van der Waals surface area contributed by atoms with E-state index < -0.39 is 6.04 Å². The molecule has 2 aromatic rings. The number of hydrogen-bond donors (Lipinski definition) is 1. The number of hydrogen-bond acceptors (Lipinski definition) is 5. The first-order chi connectivity index (χ1) is 12.6. The van der Waals surface area contributed by atoms with Crippen LogP contribution in [0.5, 0.6) is 0 Å². The summed E-state index contributed by atoms with van der Waals surface area (Å²) in [5.41, 5.74) is 2.33.